The molecule has 0 bridgehead atoms. The smallest absolute Gasteiger partial charge is 0.279 e. The van der Waals surface area contributed by atoms with Crippen LogP contribution in [0.1, 0.15) is 34.1 Å². The fraction of sp³-hybridized carbons (Fsp3) is 0.227. The minimum Gasteiger partial charge on any atom is -0.481 e. The number of amides is 2. The number of nitrogens with zero attached hydrogens (tertiary/aromatic N) is 2. The molecule has 0 aliphatic rings. The second kappa shape index (κ2) is 8.77. The predicted octanol–water partition coefficient (Wildman–Crippen LogP) is 3.17. The van der Waals surface area contributed by atoms with Gasteiger partial charge < -0.3 is 4.74 Å². The molecule has 2 amide bonds. The molecule has 3 rings (SSSR count). The van der Waals surface area contributed by atoms with Crippen LogP contribution in [0, 0.1) is 26.6 Å². The maximum atomic E-state index is 14.0. The summed E-state index contributed by atoms with van der Waals surface area (Å²) in [5.41, 5.74) is 7.56. The molecular weight excluding hydrogens is 387 g/mol. The Balaban J connectivity index is 1.64. The summed E-state index contributed by atoms with van der Waals surface area (Å²) in [4.78, 5) is 24.8. The molecule has 7 nitrogen and oxygen atoms in total. The van der Waals surface area contributed by atoms with Gasteiger partial charge in [-0.3, -0.25) is 20.4 Å². The van der Waals surface area contributed by atoms with E-state index in [2.05, 4.69) is 16.0 Å². The monoisotopic (exact) mass is 410 g/mol. The first-order valence-corrected chi connectivity index (χ1v) is 9.42. The zero-order chi connectivity index (χ0) is 21.8. The molecule has 30 heavy (non-hydrogen) atoms. The summed E-state index contributed by atoms with van der Waals surface area (Å²) in [5.74, 6) is -0.932. The first-order valence-electron chi connectivity index (χ1n) is 9.42. The van der Waals surface area contributed by atoms with Gasteiger partial charge in [-0.15, -0.1) is 0 Å². The lowest BCUT2D eigenvalue weighted by Gasteiger charge is -2.17. The predicted molar refractivity (Wildman–Crippen MR) is 110 cm³/mol. The van der Waals surface area contributed by atoms with Gasteiger partial charge in [0.15, 0.2) is 6.10 Å². The molecule has 1 aromatic heterocycles. The van der Waals surface area contributed by atoms with Gasteiger partial charge in [-0.1, -0.05) is 24.3 Å². The van der Waals surface area contributed by atoms with Crippen LogP contribution in [0.4, 0.5) is 4.39 Å². The molecule has 1 heterocycles. The molecule has 0 fully saturated rings. The largest absolute Gasteiger partial charge is 0.481 e. The van der Waals surface area contributed by atoms with Crippen molar-refractivity contribution in [2.45, 2.75) is 33.8 Å². The van der Waals surface area contributed by atoms with Gasteiger partial charge in [0, 0.05) is 0 Å². The SMILES string of the molecule is Cc1cccc(OC(C)C(=O)NNC(=O)c2cnn(-c3ccccc3F)c2C)c1C. The Hall–Kier alpha value is -3.68. The summed E-state index contributed by atoms with van der Waals surface area (Å²) < 4.78 is 21.0. The van der Waals surface area contributed by atoms with Crippen LogP contribution in [0.2, 0.25) is 0 Å². The Kier molecular flexibility index (Phi) is 6.15. The highest BCUT2D eigenvalue weighted by atomic mass is 19.1. The van der Waals surface area contributed by atoms with Gasteiger partial charge in [0.2, 0.25) is 0 Å². The molecule has 0 spiro atoms. The van der Waals surface area contributed by atoms with Crippen molar-refractivity contribution < 1.29 is 18.7 Å². The molecule has 156 valence electrons. The number of hydrogen-bond donors (Lipinski definition) is 2. The van der Waals surface area contributed by atoms with E-state index in [9.17, 15) is 14.0 Å². The average molecular weight is 410 g/mol. The summed E-state index contributed by atoms with van der Waals surface area (Å²) in [6, 6.07) is 11.7. The number of carbonyl (C=O) groups is 2. The van der Waals surface area contributed by atoms with Crippen molar-refractivity contribution in [3.8, 4) is 11.4 Å². The molecule has 0 aliphatic carbocycles. The summed E-state index contributed by atoms with van der Waals surface area (Å²) in [6.07, 6.45) is 0.493. The Morgan fingerprint density at radius 3 is 2.53 bits per heavy atom. The number of benzene rings is 2. The van der Waals surface area contributed by atoms with E-state index < -0.39 is 23.7 Å². The van der Waals surface area contributed by atoms with E-state index in [0.717, 1.165) is 11.1 Å². The van der Waals surface area contributed by atoms with Crippen LogP contribution < -0.4 is 15.6 Å². The van der Waals surface area contributed by atoms with Gasteiger partial charge in [-0.2, -0.15) is 5.10 Å². The highest BCUT2D eigenvalue weighted by Gasteiger charge is 2.20. The minimum absolute atomic E-state index is 0.210. The van der Waals surface area contributed by atoms with Gasteiger partial charge in [0.05, 0.1) is 17.5 Å². The Labute approximate surface area is 173 Å². The number of para-hydroxylation sites is 1. The summed E-state index contributed by atoms with van der Waals surface area (Å²) in [6.45, 7) is 7.09. The number of halogens is 1. The van der Waals surface area contributed by atoms with E-state index in [1.165, 1.54) is 16.9 Å². The molecule has 8 heteroatoms. The highest BCUT2D eigenvalue weighted by molar-refractivity contribution is 5.96. The van der Waals surface area contributed by atoms with Crippen molar-refractivity contribution in [2.24, 2.45) is 0 Å². The van der Waals surface area contributed by atoms with Crippen LogP contribution in [0.3, 0.4) is 0 Å². The second-order valence-electron chi connectivity index (χ2n) is 6.91. The molecule has 0 aliphatic heterocycles. The van der Waals surface area contributed by atoms with Crippen molar-refractivity contribution in [3.63, 3.8) is 0 Å². The van der Waals surface area contributed by atoms with Crippen LogP contribution in [0.15, 0.2) is 48.7 Å². The molecular formula is C22H23FN4O3. The lowest BCUT2D eigenvalue weighted by atomic mass is 10.1. The molecule has 2 N–H and O–H groups in total. The van der Waals surface area contributed by atoms with Crippen LogP contribution in [0.5, 0.6) is 5.75 Å². The fourth-order valence-electron chi connectivity index (χ4n) is 2.88. The lowest BCUT2D eigenvalue weighted by molar-refractivity contribution is -0.128. The fourth-order valence-corrected chi connectivity index (χ4v) is 2.88. The van der Waals surface area contributed by atoms with Crippen LogP contribution in [-0.4, -0.2) is 27.7 Å². The van der Waals surface area contributed by atoms with Crippen molar-refractivity contribution >= 4 is 11.8 Å². The van der Waals surface area contributed by atoms with Crippen LogP contribution >= 0.6 is 0 Å². The van der Waals surface area contributed by atoms with Gasteiger partial charge in [0.25, 0.3) is 11.8 Å². The van der Waals surface area contributed by atoms with E-state index in [4.69, 9.17) is 4.74 Å². The van der Waals surface area contributed by atoms with E-state index in [0.29, 0.717) is 11.4 Å². The lowest BCUT2D eigenvalue weighted by Crippen LogP contribution is -2.47. The first-order chi connectivity index (χ1) is 14.3. The van der Waals surface area contributed by atoms with E-state index in [1.54, 1.807) is 38.1 Å². The number of rotatable bonds is 5. The molecule has 1 unspecified atom stereocenters. The number of aromatic nitrogens is 2. The maximum Gasteiger partial charge on any atom is 0.279 e. The van der Waals surface area contributed by atoms with Gasteiger partial charge in [-0.05, 0) is 57.0 Å². The van der Waals surface area contributed by atoms with Gasteiger partial charge >= 0.3 is 0 Å². The first kappa shape index (κ1) is 21.0. The third-order valence-corrected chi connectivity index (χ3v) is 4.86. The normalized spacial score (nSPS) is 11.6. The van der Waals surface area contributed by atoms with Gasteiger partial charge in [-0.25, -0.2) is 9.07 Å². The Morgan fingerprint density at radius 2 is 1.80 bits per heavy atom. The topological polar surface area (TPSA) is 85.2 Å². The number of carbonyl (C=O) groups excluding carboxylic acids is 2. The van der Waals surface area contributed by atoms with E-state index in [-0.39, 0.29) is 11.3 Å². The molecule has 0 saturated carbocycles. The zero-order valence-electron chi connectivity index (χ0n) is 17.2. The van der Waals surface area contributed by atoms with Crippen molar-refractivity contribution in [2.75, 3.05) is 0 Å². The highest BCUT2D eigenvalue weighted by Crippen LogP contribution is 2.21. The number of nitrogens with one attached hydrogen (secondary N) is 2. The summed E-state index contributed by atoms with van der Waals surface area (Å²) in [7, 11) is 0. The van der Waals surface area contributed by atoms with Gasteiger partial charge in [0.1, 0.15) is 17.3 Å². The molecule has 2 aromatic carbocycles. The van der Waals surface area contributed by atoms with Crippen LogP contribution in [0.25, 0.3) is 5.69 Å². The van der Waals surface area contributed by atoms with E-state index in [1.807, 2.05) is 26.0 Å². The Bertz CT molecular complexity index is 1090. The molecule has 0 saturated heterocycles. The third-order valence-electron chi connectivity index (χ3n) is 4.86. The molecule has 0 radical (unpaired) electrons. The third kappa shape index (κ3) is 4.32. The van der Waals surface area contributed by atoms with Crippen LogP contribution in [-0.2, 0) is 4.79 Å². The number of ether oxygens (including phenoxy) is 1. The molecule has 3 aromatic rings. The molecule has 1 atom stereocenters. The number of hydrogen-bond acceptors (Lipinski definition) is 4. The zero-order valence-corrected chi connectivity index (χ0v) is 17.2. The summed E-state index contributed by atoms with van der Waals surface area (Å²) >= 11 is 0. The van der Waals surface area contributed by atoms with Crippen molar-refractivity contribution in [1.82, 2.24) is 20.6 Å². The standard InChI is InChI=1S/C22H23FN4O3/c1-13-8-7-11-20(14(13)2)30-16(4)21(28)25-26-22(29)17-12-24-27(15(17)3)19-10-6-5-9-18(19)23/h5-12,16H,1-4H3,(H,25,28)(H,26,29). The minimum atomic E-state index is -0.826. The summed E-state index contributed by atoms with van der Waals surface area (Å²) in [5, 5.41) is 4.08. The Morgan fingerprint density at radius 1 is 1.07 bits per heavy atom. The van der Waals surface area contributed by atoms with Crippen molar-refractivity contribution in [3.05, 3.63) is 76.9 Å². The second-order valence-corrected chi connectivity index (χ2v) is 6.91. The average Bonchev–Trinajstić information content (AvgIpc) is 3.11. The quantitative estimate of drug-likeness (QED) is 0.633. The van der Waals surface area contributed by atoms with Crippen molar-refractivity contribution in [1.29, 1.82) is 0 Å². The number of hydrazine groups is 1. The maximum absolute atomic E-state index is 14.0. The number of aryl methyl sites for hydroxylation is 1. The van der Waals surface area contributed by atoms with E-state index >= 15 is 0 Å².